The van der Waals surface area contributed by atoms with E-state index in [-0.39, 0.29) is 0 Å². The lowest BCUT2D eigenvalue weighted by Gasteiger charge is -2.44. The predicted octanol–water partition coefficient (Wildman–Crippen LogP) is 3.44. The second-order valence-electron chi connectivity index (χ2n) is 5.08. The van der Waals surface area contributed by atoms with E-state index in [0.29, 0.717) is 5.54 Å². The number of likely N-dealkylation sites (tertiary alicyclic amines) is 1. The normalized spacial score (nSPS) is 22.8. The number of hydrogen-bond acceptors (Lipinski definition) is 2. The minimum absolute atomic E-state index is 0.333. The second-order valence-corrected chi connectivity index (χ2v) is 5.08. The van der Waals surface area contributed by atoms with Gasteiger partial charge < -0.3 is 9.80 Å². The summed E-state index contributed by atoms with van der Waals surface area (Å²) in [6.07, 6.45) is 7.61. The van der Waals surface area contributed by atoms with Crippen LogP contribution in [-0.4, -0.2) is 42.5 Å². The summed E-state index contributed by atoms with van der Waals surface area (Å²) in [7, 11) is 4.41. The molecule has 2 heteroatoms. The molecule has 102 valence electrons. The van der Waals surface area contributed by atoms with Crippen molar-refractivity contribution >= 4 is 0 Å². The molecular weight excluding hydrogens is 220 g/mol. The van der Waals surface area contributed by atoms with Crippen molar-refractivity contribution in [1.29, 1.82) is 0 Å². The van der Waals surface area contributed by atoms with E-state index in [1.54, 1.807) is 0 Å². The first-order valence-corrected chi connectivity index (χ1v) is 7.03. The van der Waals surface area contributed by atoms with Crippen molar-refractivity contribution < 1.29 is 0 Å². The highest BCUT2D eigenvalue weighted by molar-refractivity contribution is 5.38. The van der Waals surface area contributed by atoms with Crippen LogP contribution in [0.2, 0.25) is 0 Å². The Balaban J connectivity index is 0.000000771. The SMILES string of the molecule is C=CC1=C(C=C)N(C)C2(CCN(C)CC2)C1.CC. The Hall–Kier alpha value is -1.02. The minimum atomic E-state index is 0.333. The zero-order chi connectivity index (χ0) is 13.8. The van der Waals surface area contributed by atoms with Crippen LogP contribution in [0.4, 0.5) is 0 Å². The van der Waals surface area contributed by atoms with Crippen LogP contribution >= 0.6 is 0 Å². The van der Waals surface area contributed by atoms with Crippen LogP contribution < -0.4 is 0 Å². The maximum Gasteiger partial charge on any atom is 0.0464 e. The van der Waals surface area contributed by atoms with Crippen LogP contribution in [0.5, 0.6) is 0 Å². The summed E-state index contributed by atoms with van der Waals surface area (Å²) in [5.41, 5.74) is 2.97. The van der Waals surface area contributed by atoms with Gasteiger partial charge in [0.2, 0.25) is 0 Å². The molecule has 0 N–H and O–H groups in total. The zero-order valence-corrected chi connectivity index (χ0v) is 12.5. The lowest BCUT2D eigenvalue weighted by molar-refractivity contribution is 0.0910. The molecule has 2 heterocycles. The van der Waals surface area contributed by atoms with Gasteiger partial charge in [-0.15, -0.1) is 0 Å². The van der Waals surface area contributed by atoms with Gasteiger partial charge >= 0.3 is 0 Å². The third-order valence-electron chi connectivity index (χ3n) is 4.28. The van der Waals surface area contributed by atoms with Gasteiger partial charge in [-0.25, -0.2) is 0 Å². The third kappa shape index (κ3) is 2.54. The maximum atomic E-state index is 3.93. The molecule has 0 aromatic heterocycles. The van der Waals surface area contributed by atoms with E-state index in [9.17, 15) is 0 Å². The fourth-order valence-electron chi connectivity index (χ4n) is 3.03. The van der Waals surface area contributed by atoms with Crippen LogP contribution in [-0.2, 0) is 0 Å². The Bertz CT molecular complexity index is 333. The van der Waals surface area contributed by atoms with Crippen molar-refractivity contribution in [3.63, 3.8) is 0 Å². The Morgan fingerprint density at radius 3 is 2.00 bits per heavy atom. The molecule has 0 atom stereocenters. The van der Waals surface area contributed by atoms with Crippen molar-refractivity contribution in [2.24, 2.45) is 0 Å². The molecule has 0 amide bonds. The molecule has 2 rings (SSSR count). The highest BCUT2D eigenvalue weighted by Gasteiger charge is 2.42. The van der Waals surface area contributed by atoms with Crippen LogP contribution in [0.1, 0.15) is 33.1 Å². The topological polar surface area (TPSA) is 6.48 Å². The molecule has 2 nitrogen and oxygen atoms in total. The molecule has 0 aromatic rings. The molecule has 2 aliphatic heterocycles. The van der Waals surface area contributed by atoms with Crippen molar-refractivity contribution in [1.82, 2.24) is 9.80 Å². The van der Waals surface area contributed by atoms with Gasteiger partial charge in [0.15, 0.2) is 0 Å². The summed E-state index contributed by atoms with van der Waals surface area (Å²) >= 11 is 0. The smallest absolute Gasteiger partial charge is 0.0464 e. The summed E-state index contributed by atoms with van der Waals surface area (Å²) in [5.74, 6) is 0. The number of nitrogens with zero attached hydrogens (tertiary/aromatic N) is 2. The number of rotatable bonds is 2. The summed E-state index contributed by atoms with van der Waals surface area (Å²) in [6, 6.07) is 0. The molecule has 2 aliphatic rings. The second kappa shape index (κ2) is 6.24. The first kappa shape index (κ1) is 15.0. The van der Waals surface area contributed by atoms with E-state index in [0.717, 1.165) is 6.42 Å². The van der Waals surface area contributed by atoms with Crippen LogP contribution in [0.3, 0.4) is 0 Å². The van der Waals surface area contributed by atoms with E-state index >= 15 is 0 Å². The monoisotopic (exact) mass is 248 g/mol. The van der Waals surface area contributed by atoms with Gasteiger partial charge in [-0.1, -0.05) is 33.1 Å². The van der Waals surface area contributed by atoms with Gasteiger partial charge in [0.25, 0.3) is 0 Å². The highest BCUT2D eigenvalue weighted by atomic mass is 15.2. The first-order chi connectivity index (χ1) is 8.63. The minimum Gasteiger partial charge on any atom is -0.368 e. The Morgan fingerprint density at radius 1 is 1.06 bits per heavy atom. The van der Waals surface area contributed by atoms with Crippen LogP contribution in [0, 0.1) is 0 Å². The summed E-state index contributed by atoms with van der Waals surface area (Å²) in [5, 5.41) is 0. The van der Waals surface area contributed by atoms with Gasteiger partial charge in [0.1, 0.15) is 0 Å². The third-order valence-corrected chi connectivity index (χ3v) is 4.28. The van der Waals surface area contributed by atoms with Crippen LogP contribution in [0.25, 0.3) is 0 Å². The quantitative estimate of drug-likeness (QED) is 0.738. The molecule has 0 bridgehead atoms. The molecule has 1 saturated heterocycles. The van der Waals surface area contributed by atoms with Crippen LogP contribution in [0.15, 0.2) is 36.6 Å². The first-order valence-electron chi connectivity index (χ1n) is 7.03. The molecule has 0 saturated carbocycles. The van der Waals surface area contributed by atoms with Crippen molar-refractivity contribution in [3.05, 3.63) is 36.6 Å². The molecular formula is C16H28N2. The van der Waals surface area contributed by atoms with E-state index in [1.165, 1.54) is 37.2 Å². The summed E-state index contributed by atoms with van der Waals surface area (Å²) in [6.45, 7) is 14.2. The molecule has 0 aromatic carbocycles. The average molecular weight is 248 g/mol. The number of piperidine rings is 1. The molecule has 0 aliphatic carbocycles. The molecule has 1 spiro atoms. The number of likely N-dealkylation sites (N-methyl/N-ethyl adjacent to an activating group) is 1. The fourth-order valence-corrected chi connectivity index (χ4v) is 3.03. The number of allylic oxidation sites excluding steroid dienone is 2. The van der Waals surface area contributed by atoms with E-state index in [1.807, 2.05) is 26.0 Å². The van der Waals surface area contributed by atoms with Gasteiger partial charge in [-0.2, -0.15) is 0 Å². The van der Waals surface area contributed by atoms with E-state index in [4.69, 9.17) is 0 Å². The van der Waals surface area contributed by atoms with Gasteiger partial charge in [0.05, 0.1) is 0 Å². The maximum absolute atomic E-state index is 3.93. The Morgan fingerprint density at radius 2 is 1.61 bits per heavy atom. The van der Waals surface area contributed by atoms with Gasteiger partial charge in [-0.3, -0.25) is 0 Å². The summed E-state index contributed by atoms with van der Waals surface area (Å²) < 4.78 is 0. The van der Waals surface area contributed by atoms with E-state index < -0.39 is 0 Å². The standard InChI is InChI=1S/C14H22N2.C2H6/c1-5-12-11-14(16(4)13(12)6-2)7-9-15(3)10-8-14;1-2/h5-6H,1-2,7-11H2,3-4H3;1-2H3. The van der Waals surface area contributed by atoms with E-state index in [2.05, 4.69) is 37.1 Å². The zero-order valence-electron chi connectivity index (χ0n) is 12.5. The molecule has 1 fully saturated rings. The summed E-state index contributed by atoms with van der Waals surface area (Å²) in [4.78, 5) is 4.85. The highest BCUT2D eigenvalue weighted by Crippen LogP contribution is 2.43. The fraction of sp³-hybridized carbons (Fsp3) is 0.625. The molecule has 18 heavy (non-hydrogen) atoms. The number of hydrogen-bond donors (Lipinski definition) is 0. The molecule has 0 radical (unpaired) electrons. The predicted molar refractivity (Wildman–Crippen MR) is 80.6 cm³/mol. The van der Waals surface area contributed by atoms with Gasteiger partial charge in [-0.05, 0) is 38.0 Å². The molecule has 0 unspecified atom stereocenters. The van der Waals surface area contributed by atoms with Crippen molar-refractivity contribution in [3.8, 4) is 0 Å². The van der Waals surface area contributed by atoms with Gasteiger partial charge in [0, 0.05) is 31.4 Å². The largest absolute Gasteiger partial charge is 0.368 e. The lowest BCUT2D eigenvalue weighted by atomic mass is 9.83. The van der Waals surface area contributed by atoms with Crippen molar-refractivity contribution in [2.75, 3.05) is 27.2 Å². The Kier molecular flexibility index (Phi) is 5.21. The van der Waals surface area contributed by atoms with Crippen molar-refractivity contribution in [2.45, 2.75) is 38.6 Å². The lowest BCUT2D eigenvalue weighted by Crippen LogP contribution is -2.50. The Labute approximate surface area is 113 Å². The average Bonchev–Trinajstić information content (AvgIpc) is 2.68.